The first-order valence-electron chi connectivity index (χ1n) is 4.53. The number of hydrogen-bond acceptors (Lipinski definition) is 3. The van der Waals surface area contributed by atoms with E-state index in [-0.39, 0.29) is 11.9 Å². The van der Waals surface area contributed by atoms with Gasteiger partial charge in [-0.2, -0.15) is 0 Å². The Hall–Kier alpha value is -1.71. The van der Waals surface area contributed by atoms with Crippen LogP contribution in [0.5, 0.6) is 0 Å². The van der Waals surface area contributed by atoms with E-state index in [1.807, 2.05) is 19.1 Å². The van der Waals surface area contributed by atoms with Crippen LogP contribution >= 0.6 is 0 Å². The summed E-state index contributed by atoms with van der Waals surface area (Å²) in [5.74, 6) is 0.0584. The Bertz CT molecular complexity index is 389. The van der Waals surface area contributed by atoms with E-state index in [0.717, 1.165) is 11.4 Å². The van der Waals surface area contributed by atoms with Crippen LogP contribution in [0, 0.1) is 0 Å². The third kappa shape index (κ3) is 1.19. The molecular formula is C10H13N3O. The Morgan fingerprint density at radius 2 is 2.21 bits per heavy atom. The van der Waals surface area contributed by atoms with Gasteiger partial charge in [-0.3, -0.25) is 4.79 Å². The second-order valence-electron chi connectivity index (χ2n) is 3.54. The van der Waals surface area contributed by atoms with Crippen LogP contribution in [-0.2, 0) is 4.79 Å². The predicted molar refractivity (Wildman–Crippen MR) is 57.3 cm³/mol. The second-order valence-corrected chi connectivity index (χ2v) is 3.54. The van der Waals surface area contributed by atoms with Crippen molar-refractivity contribution in [3.8, 4) is 0 Å². The average Bonchev–Trinajstić information content (AvgIpc) is 2.16. The molecule has 1 unspecified atom stereocenters. The van der Waals surface area contributed by atoms with Crippen molar-refractivity contribution < 1.29 is 4.79 Å². The zero-order valence-corrected chi connectivity index (χ0v) is 8.24. The van der Waals surface area contributed by atoms with Crippen molar-refractivity contribution in [2.75, 3.05) is 23.0 Å². The largest absolute Gasteiger partial charge is 0.399 e. The van der Waals surface area contributed by atoms with E-state index in [1.54, 1.807) is 18.0 Å². The highest BCUT2D eigenvalue weighted by atomic mass is 16.2. The average molecular weight is 191 g/mol. The lowest BCUT2D eigenvalue weighted by Gasteiger charge is -2.31. The summed E-state index contributed by atoms with van der Waals surface area (Å²) in [6.07, 6.45) is 0. The number of hydrogen-bond donors (Lipinski definition) is 2. The van der Waals surface area contributed by atoms with Gasteiger partial charge in [-0.15, -0.1) is 0 Å². The fourth-order valence-electron chi connectivity index (χ4n) is 1.65. The van der Waals surface area contributed by atoms with Crippen LogP contribution in [0.1, 0.15) is 6.92 Å². The molecule has 4 nitrogen and oxygen atoms in total. The van der Waals surface area contributed by atoms with Crippen molar-refractivity contribution in [3.05, 3.63) is 18.2 Å². The van der Waals surface area contributed by atoms with E-state index in [0.29, 0.717) is 5.69 Å². The molecular weight excluding hydrogens is 178 g/mol. The minimum Gasteiger partial charge on any atom is -0.399 e. The van der Waals surface area contributed by atoms with Crippen molar-refractivity contribution >= 4 is 23.0 Å². The van der Waals surface area contributed by atoms with Crippen molar-refractivity contribution in [1.82, 2.24) is 0 Å². The van der Waals surface area contributed by atoms with Crippen LogP contribution < -0.4 is 16.0 Å². The van der Waals surface area contributed by atoms with Crippen LogP contribution in [0.4, 0.5) is 17.1 Å². The maximum absolute atomic E-state index is 11.6. The minimum absolute atomic E-state index is 0.0584. The fourth-order valence-corrected chi connectivity index (χ4v) is 1.65. The van der Waals surface area contributed by atoms with E-state index < -0.39 is 0 Å². The summed E-state index contributed by atoms with van der Waals surface area (Å²) >= 11 is 0. The number of amides is 1. The number of carbonyl (C=O) groups is 1. The van der Waals surface area contributed by atoms with Crippen LogP contribution in [0.15, 0.2) is 18.2 Å². The first-order chi connectivity index (χ1) is 6.59. The predicted octanol–water partition coefficient (Wildman–Crippen LogP) is 1.05. The first-order valence-corrected chi connectivity index (χ1v) is 4.53. The number of benzene rings is 1. The SMILES string of the molecule is CC1Nc2ccc(N)cc2N(C)C1=O. The molecule has 74 valence electrons. The molecule has 0 aliphatic carbocycles. The summed E-state index contributed by atoms with van der Waals surface area (Å²) in [7, 11) is 1.76. The van der Waals surface area contributed by atoms with Gasteiger partial charge in [0.2, 0.25) is 5.91 Å². The maximum atomic E-state index is 11.6. The highest BCUT2D eigenvalue weighted by Gasteiger charge is 2.26. The number of carbonyl (C=O) groups excluding carboxylic acids is 1. The molecule has 1 aromatic rings. The molecule has 4 heteroatoms. The molecule has 0 radical (unpaired) electrons. The quantitative estimate of drug-likeness (QED) is 0.602. The number of rotatable bonds is 0. The van der Waals surface area contributed by atoms with Gasteiger partial charge in [-0.25, -0.2) is 0 Å². The third-order valence-electron chi connectivity index (χ3n) is 2.46. The zero-order chi connectivity index (χ0) is 10.3. The van der Waals surface area contributed by atoms with Crippen LogP contribution in [0.25, 0.3) is 0 Å². The van der Waals surface area contributed by atoms with Gasteiger partial charge >= 0.3 is 0 Å². The highest BCUT2D eigenvalue weighted by molar-refractivity contribution is 6.04. The van der Waals surface area contributed by atoms with Gasteiger partial charge in [-0.05, 0) is 25.1 Å². The second kappa shape index (κ2) is 2.90. The summed E-state index contributed by atoms with van der Waals surface area (Å²) in [4.78, 5) is 13.3. The van der Waals surface area contributed by atoms with Gasteiger partial charge in [0.15, 0.2) is 0 Å². The Morgan fingerprint density at radius 1 is 1.50 bits per heavy atom. The molecule has 1 atom stereocenters. The first kappa shape index (κ1) is 8.87. The molecule has 3 N–H and O–H groups in total. The fraction of sp³-hybridized carbons (Fsp3) is 0.300. The molecule has 0 fully saturated rings. The van der Waals surface area contributed by atoms with E-state index >= 15 is 0 Å². The molecule has 1 aromatic carbocycles. The van der Waals surface area contributed by atoms with Crippen LogP contribution in [0.3, 0.4) is 0 Å². The lowest BCUT2D eigenvalue weighted by Crippen LogP contribution is -2.43. The number of nitrogens with zero attached hydrogens (tertiary/aromatic N) is 1. The molecule has 1 aliphatic rings. The smallest absolute Gasteiger partial charge is 0.248 e. The number of anilines is 3. The topological polar surface area (TPSA) is 58.4 Å². The van der Waals surface area contributed by atoms with E-state index in [1.165, 1.54) is 0 Å². The van der Waals surface area contributed by atoms with Gasteiger partial charge in [0.05, 0.1) is 11.4 Å². The van der Waals surface area contributed by atoms with Gasteiger partial charge in [0.25, 0.3) is 0 Å². The van der Waals surface area contributed by atoms with Gasteiger partial charge in [-0.1, -0.05) is 0 Å². The molecule has 1 heterocycles. The van der Waals surface area contributed by atoms with Crippen LogP contribution in [0.2, 0.25) is 0 Å². The summed E-state index contributed by atoms with van der Waals surface area (Å²) in [5, 5.41) is 3.12. The Balaban J connectivity index is 2.51. The molecule has 0 aromatic heterocycles. The Kier molecular flexibility index (Phi) is 1.84. The number of likely N-dealkylation sites (N-methyl/N-ethyl adjacent to an activating group) is 1. The maximum Gasteiger partial charge on any atom is 0.248 e. The van der Waals surface area contributed by atoms with Gasteiger partial charge in [0.1, 0.15) is 6.04 Å². The molecule has 1 aliphatic heterocycles. The molecule has 0 saturated heterocycles. The van der Waals surface area contributed by atoms with Crippen LogP contribution in [-0.4, -0.2) is 19.0 Å². The zero-order valence-electron chi connectivity index (χ0n) is 8.24. The highest BCUT2D eigenvalue weighted by Crippen LogP contribution is 2.31. The van der Waals surface area contributed by atoms with Crippen molar-refractivity contribution in [3.63, 3.8) is 0 Å². The van der Waals surface area contributed by atoms with Crippen molar-refractivity contribution in [1.29, 1.82) is 0 Å². The molecule has 0 bridgehead atoms. The monoisotopic (exact) mass is 191 g/mol. The van der Waals surface area contributed by atoms with Gasteiger partial charge < -0.3 is 16.0 Å². The summed E-state index contributed by atoms with van der Waals surface area (Å²) in [6, 6.07) is 5.34. The molecule has 2 rings (SSSR count). The normalized spacial score (nSPS) is 20.3. The number of nitrogen functional groups attached to an aromatic ring is 1. The molecule has 0 saturated carbocycles. The van der Waals surface area contributed by atoms with E-state index in [2.05, 4.69) is 5.32 Å². The third-order valence-corrected chi connectivity index (χ3v) is 2.46. The van der Waals surface area contributed by atoms with Gasteiger partial charge in [0, 0.05) is 12.7 Å². The Labute approximate surface area is 82.7 Å². The van der Waals surface area contributed by atoms with Crippen molar-refractivity contribution in [2.24, 2.45) is 0 Å². The summed E-state index contributed by atoms with van der Waals surface area (Å²) in [6.45, 7) is 1.85. The van der Waals surface area contributed by atoms with Crippen molar-refractivity contribution in [2.45, 2.75) is 13.0 Å². The minimum atomic E-state index is -0.170. The molecule has 0 spiro atoms. The lowest BCUT2D eigenvalue weighted by molar-refractivity contribution is -0.118. The number of nitrogens with two attached hydrogens (primary N) is 1. The molecule has 14 heavy (non-hydrogen) atoms. The molecule has 1 amide bonds. The van der Waals surface area contributed by atoms with E-state index in [9.17, 15) is 4.79 Å². The standard InChI is InChI=1S/C10H13N3O/c1-6-10(14)13(2)9-5-7(11)3-4-8(9)12-6/h3-6,12H,11H2,1-2H3. The summed E-state index contributed by atoms with van der Waals surface area (Å²) in [5.41, 5.74) is 8.12. The Morgan fingerprint density at radius 3 is 2.93 bits per heavy atom. The number of fused-ring (bicyclic) bond motifs is 1. The number of nitrogens with one attached hydrogen (secondary N) is 1. The van der Waals surface area contributed by atoms with E-state index in [4.69, 9.17) is 5.73 Å². The lowest BCUT2D eigenvalue weighted by atomic mass is 10.1. The summed E-state index contributed by atoms with van der Waals surface area (Å²) < 4.78 is 0.